The summed E-state index contributed by atoms with van der Waals surface area (Å²) in [6.07, 6.45) is 0.205. The van der Waals surface area contributed by atoms with Gasteiger partial charge in [0.15, 0.2) is 5.54 Å². The van der Waals surface area contributed by atoms with Crippen molar-refractivity contribution in [3.63, 3.8) is 0 Å². The van der Waals surface area contributed by atoms with Crippen LogP contribution in [-0.4, -0.2) is 17.2 Å². The molecule has 0 spiro atoms. The Hall–Kier alpha value is -2.82. The highest BCUT2D eigenvalue weighted by molar-refractivity contribution is 5.87. The molecule has 0 unspecified atom stereocenters. The summed E-state index contributed by atoms with van der Waals surface area (Å²) in [6, 6.07) is 16.5. The first-order valence-corrected chi connectivity index (χ1v) is 7.42. The maximum absolute atomic E-state index is 12.1. The highest BCUT2D eigenvalue weighted by Crippen LogP contribution is 2.37. The summed E-state index contributed by atoms with van der Waals surface area (Å²) in [5, 5.41) is 12.2. The van der Waals surface area contributed by atoms with Gasteiger partial charge in [-0.15, -0.1) is 0 Å². The highest BCUT2D eigenvalue weighted by atomic mass is 16.5. The zero-order valence-electron chi connectivity index (χ0n) is 12.5. The lowest BCUT2D eigenvalue weighted by atomic mass is 9.92. The van der Waals surface area contributed by atoms with E-state index < -0.39 is 17.6 Å². The number of carboxylic acids is 1. The first-order chi connectivity index (χ1) is 11.1. The van der Waals surface area contributed by atoms with Gasteiger partial charge in [0, 0.05) is 0 Å². The summed E-state index contributed by atoms with van der Waals surface area (Å²) in [5.74, 6) is -1.07. The molecule has 1 amide bonds. The van der Waals surface area contributed by atoms with Crippen molar-refractivity contribution < 1.29 is 19.4 Å². The Labute approximate surface area is 133 Å². The largest absolute Gasteiger partial charge is 0.479 e. The lowest BCUT2D eigenvalue weighted by molar-refractivity contribution is -0.145. The maximum Gasteiger partial charge on any atom is 0.408 e. The lowest BCUT2D eigenvalue weighted by Crippen LogP contribution is -2.50. The third kappa shape index (κ3) is 2.90. The molecule has 2 N–H and O–H groups in total. The quantitative estimate of drug-likeness (QED) is 0.910. The molecule has 0 saturated carbocycles. The van der Waals surface area contributed by atoms with E-state index in [4.69, 9.17) is 4.74 Å². The second-order valence-electron chi connectivity index (χ2n) is 5.55. The molecule has 1 aliphatic rings. The van der Waals surface area contributed by atoms with Crippen molar-refractivity contribution in [1.29, 1.82) is 0 Å². The third-order valence-electron chi connectivity index (χ3n) is 4.14. The molecule has 2 aromatic rings. The second kappa shape index (κ2) is 6.12. The number of ether oxygens (including phenoxy) is 1. The molecule has 23 heavy (non-hydrogen) atoms. The second-order valence-corrected chi connectivity index (χ2v) is 5.55. The topological polar surface area (TPSA) is 75.6 Å². The molecule has 118 valence electrons. The van der Waals surface area contributed by atoms with E-state index in [1.807, 2.05) is 42.5 Å². The fourth-order valence-electron chi connectivity index (χ4n) is 2.95. The van der Waals surface area contributed by atoms with E-state index in [-0.39, 0.29) is 6.61 Å². The predicted molar refractivity (Wildman–Crippen MR) is 83.8 cm³/mol. The Morgan fingerprint density at radius 2 is 1.78 bits per heavy atom. The highest BCUT2D eigenvalue weighted by Gasteiger charge is 2.47. The maximum atomic E-state index is 12.1. The molecular weight excluding hydrogens is 294 g/mol. The SMILES string of the molecule is O=C(N[C@]1(C(=O)O)CCc2ccccc21)OCc1ccccc1. The average molecular weight is 311 g/mol. The molecule has 1 atom stereocenters. The van der Waals surface area contributed by atoms with Crippen LogP contribution < -0.4 is 5.32 Å². The van der Waals surface area contributed by atoms with E-state index in [1.54, 1.807) is 12.1 Å². The van der Waals surface area contributed by atoms with Crippen molar-refractivity contribution in [1.82, 2.24) is 5.32 Å². The molecule has 0 saturated heterocycles. The minimum absolute atomic E-state index is 0.101. The molecule has 5 heteroatoms. The van der Waals surface area contributed by atoms with Crippen LogP contribution in [0.5, 0.6) is 0 Å². The number of aryl methyl sites for hydroxylation is 1. The predicted octanol–water partition coefficient (Wildman–Crippen LogP) is 2.84. The number of nitrogens with one attached hydrogen (secondary N) is 1. The number of benzene rings is 2. The monoisotopic (exact) mass is 311 g/mol. The fourth-order valence-corrected chi connectivity index (χ4v) is 2.95. The van der Waals surface area contributed by atoms with Gasteiger partial charge < -0.3 is 15.2 Å². The van der Waals surface area contributed by atoms with Crippen molar-refractivity contribution in [2.24, 2.45) is 0 Å². The summed E-state index contributed by atoms with van der Waals surface area (Å²) in [4.78, 5) is 23.9. The smallest absolute Gasteiger partial charge is 0.408 e. The lowest BCUT2D eigenvalue weighted by Gasteiger charge is -2.26. The Kier molecular flexibility index (Phi) is 4.02. The number of fused-ring (bicyclic) bond motifs is 1. The number of aliphatic carboxylic acids is 1. The first-order valence-electron chi connectivity index (χ1n) is 7.42. The number of alkyl carbamates (subject to hydrolysis) is 1. The number of rotatable bonds is 4. The van der Waals surface area contributed by atoms with Crippen LogP contribution in [0.1, 0.15) is 23.1 Å². The van der Waals surface area contributed by atoms with Gasteiger partial charge in [0.2, 0.25) is 0 Å². The van der Waals surface area contributed by atoms with Crippen LogP contribution in [0.25, 0.3) is 0 Å². The number of carbonyl (C=O) groups is 2. The van der Waals surface area contributed by atoms with Crippen molar-refractivity contribution in [2.75, 3.05) is 0 Å². The Morgan fingerprint density at radius 3 is 2.52 bits per heavy atom. The van der Waals surface area contributed by atoms with Crippen molar-refractivity contribution >= 4 is 12.1 Å². The van der Waals surface area contributed by atoms with Gasteiger partial charge in [-0.2, -0.15) is 0 Å². The number of amides is 1. The van der Waals surface area contributed by atoms with E-state index in [9.17, 15) is 14.7 Å². The molecule has 2 aromatic carbocycles. The zero-order chi connectivity index (χ0) is 16.3. The molecule has 1 aliphatic carbocycles. The summed E-state index contributed by atoms with van der Waals surface area (Å²) in [5.41, 5.74) is 1.01. The fraction of sp³-hybridized carbons (Fsp3) is 0.222. The van der Waals surface area contributed by atoms with Crippen LogP contribution in [0.15, 0.2) is 54.6 Å². The molecule has 0 fully saturated rings. The normalized spacial score (nSPS) is 19.0. The van der Waals surface area contributed by atoms with E-state index in [1.165, 1.54) is 0 Å². The molecule has 0 aliphatic heterocycles. The van der Waals surface area contributed by atoms with E-state index in [0.29, 0.717) is 18.4 Å². The number of hydrogen-bond donors (Lipinski definition) is 2. The van der Waals surface area contributed by atoms with Gasteiger partial charge in [-0.25, -0.2) is 9.59 Å². The van der Waals surface area contributed by atoms with E-state index in [2.05, 4.69) is 5.32 Å². The van der Waals surface area contributed by atoms with Crippen molar-refractivity contribution in [2.45, 2.75) is 25.0 Å². The number of carboxylic acid groups (broad SMARTS) is 1. The Balaban J connectivity index is 1.74. The summed E-state index contributed by atoms with van der Waals surface area (Å²) < 4.78 is 5.17. The molecule has 0 heterocycles. The Bertz CT molecular complexity index is 729. The van der Waals surface area contributed by atoms with Gasteiger partial charge in [-0.1, -0.05) is 54.6 Å². The van der Waals surface area contributed by atoms with Gasteiger partial charge in [-0.05, 0) is 29.5 Å². The zero-order valence-corrected chi connectivity index (χ0v) is 12.5. The van der Waals surface area contributed by atoms with Crippen LogP contribution in [0.2, 0.25) is 0 Å². The summed E-state index contributed by atoms with van der Waals surface area (Å²) in [7, 11) is 0. The van der Waals surface area contributed by atoms with Gasteiger partial charge >= 0.3 is 12.1 Å². The van der Waals surface area contributed by atoms with Gasteiger partial charge in [0.1, 0.15) is 6.61 Å². The molecule has 0 bridgehead atoms. The van der Waals surface area contributed by atoms with Crippen LogP contribution in [-0.2, 0) is 28.1 Å². The van der Waals surface area contributed by atoms with Gasteiger partial charge in [0.05, 0.1) is 0 Å². The van der Waals surface area contributed by atoms with Crippen molar-refractivity contribution in [3.8, 4) is 0 Å². The van der Waals surface area contributed by atoms with Crippen LogP contribution in [0.3, 0.4) is 0 Å². The standard InChI is InChI=1S/C18H17NO4/c20-16(21)18(11-10-14-8-4-5-9-15(14)18)19-17(22)23-12-13-6-2-1-3-7-13/h1-9H,10-12H2,(H,19,22)(H,20,21)/t18-/m1/s1. The van der Waals surface area contributed by atoms with Crippen LogP contribution >= 0.6 is 0 Å². The molecule has 0 radical (unpaired) electrons. The van der Waals surface area contributed by atoms with Crippen LogP contribution in [0.4, 0.5) is 4.79 Å². The first kappa shape index (κ1) is 15.1. The third-order valence-corrected chi connectivity index (χ3v) is 4.14. The van der Waals surface area contributed by atoms with E-state index >= 15 is 0 Å². The Morgan fingerprint density at radius 1 is 1.09 bits per heavy atom. The minimum atomic E-state index is -1.41. The number of carbonyl (C=O) groups excluding carboxylic acids is 1. The van der Waals surface area contributed by atoms with Crippen LogP contribution in [0, 0.1) is 0 Å². The minimum Gasteiger partial charge on any atom is -0.479 e. The molecule has 3 rings (SSSR count). The number of hydrogen-bond acceptors (Lipinski definition) is 3. The molecule has 5 nitrogen and oxygen atoms in total. The summed E-state index contributed by atoms with van der Waals surface area (Å²) >= 11 is 0. The van der Waals surface area contributed by atoms with Gasteiger partial charge in [-0.3, -0.25) is 0 Å². The molecule has 0 aromatic heterocycles. The van der Waals surface area contributed by atoms with Gasteiger partial charge in [0.25, 0.3) is 0 Å². The van der Waals surface area contributed by atoms with E-state index in [0.717, 1.165) is 11.1 Å². The molecular formula is C18H17NO4. The summed E-state index contributed by atoms with van der Waals surface area (Å²) in [6.45, 7) is 0.101. The van der Waals surface area contributed by atoms with Crippen molar-refractivity contribution in [3.05, 3.63) is 71.3 Å². The average Bonchev–Trinajstić information content (AvgIpc) is 2.94.